The van der Waals surface area contributed by atoms with E-state index >= 15 is 0 Å². The van der Waals surface area contributed by atoms with Gasteiger partial charge < -0.3 is 29.5 Å². The predicted octanol–water partition coefficient (Wildman–Crippen LogP) is 2.91. The van der Waals surface area contributed by atoms with Gasteiger partial charge in [0.05, 0.1) is 14.2 Å². The van der Waals surface area contributed by atoms with E-state index in [1.165, 1.54) is 7.11 Å². The summed E-state index contributed by atoms with van der Waals surface area (Å²) in [5, 5.41) is 16.2. The minimum atomic E-state index is -1.13. The van der Waals surface area contributed by atoms with Gasteiger partial charge in [0.15, 0.2) is 0 Å². The molecule has 3 rings (SSSR count). The number of carboxylic acids is 1. The van der Waals surface area contributed by atoms with Gasteiger partial charge >= 0.3 is 5.97 Å². The largest absolute Gasteiger partial charge is 0.497 e. The zero-order valence-electron chi connectivity index (χ0n) is 19.6. The van der Waals surface area contributed by atoms with Crippen LogP contribution in [0.5, 0.6) is 11.5 Å². The van der Waals surface area contributed by atoms with Crippen LogP contribution in [0.3, 0.4) is 0 Å². The lowest BCUT2D eigenvalue weighted by atomic mass is 9.93. The van der Waals surface area contributed by atoms with Crippen molar-refractivity contribution in [3.8, 4) is 22.6 Å². The first kappa shape index (κ1) is 25.0. The summed E-state index contributed by atoms with van der Waals surface area (Å²) in [6, 6.07) is 11.8. The van der Waals surface area contributed by atoms with Crippen molar-refractivity contribution >= 4 is 17.6 Å². The number of benzene rings is 2. The maximum Gasteiger partial charge on any atom is 0.326 e. The number of oxime groups is 1. The molecule has 0 unspecified atom stereocenters. The Labute approximate surface area is 198 Å². The van der Waals surface area contributed by atoms with E-state index in [1.807, 2.05) is 42.5 Å². The topological polar surface area (TPSA) is 116 Å². The highest BCUT2D eigenvalue weighted by Gasteiger charge is 2.29. The van der Waals surface area contributed by atoms with E-state index in [1.54, 1.807) is 14.2 Å². The number of rotatable bonds is 10. The molecule has 1 aliphatic rings. The lowest BCUT2D eigenvalue weighted by Crippen LogP contribution is -2.47. The summed E-state index contributed by atoms with van der Waals surface area (Å²) in [6.45, 7) is 1.04. The number of methoxy groups -OCH3 is 2. The molecule has 1 atom stereocenters. The smallest absolute Gasteiger partial charge is 0.326 e. The zero-order chi connectivity index (χ0) is 24.5. The van der Waals surface area contributed by atoms with Gasteiger partial charge in [-0.2, -0.15) is 0 Å². The molecule has 1 saturated heterocycles. The lowest BCUT2D eigenvalue weighted by molar-refractivity contribution is -0.141. The van der Waals surface area contributed by atoms with Crippen LogP contribution in [0.15, 0.2) is 47.6 Å². The number of hydrogen-bond acceptors (Lipinski definition) is 7. The van der Waals surface area contributed by atoms with Crippen molar-refractivity contribution in [2.75, 3.05) is 34.5 Å². The van der Waals surface area contributed by atoms with E-state index in [0.717, 1.165) is 16.7 Å². The van der Waals surface area contributed by atoms with Gasteiger partial charge in [-0.25, -0.2) is 4.79 Å². The first-order valence-electron chi connectivity index (χ1n) is 11.0. The van der Waals surface area contributed by atoms with Gasteiger partial charge in [0, 0.05) is 31.1 Å². The molecule has 9 heteroatoms. The number of amides is 1. The van der Waals surface area contributed by atoms with Crippen molar-refractivity contribution in [3.05, 3.63) is 48.0 Å². The summed E-state index contributed by atoms with van der Waals surface area (Å²) >= 11 is 0. The summed E-state index contributed by atoms with van der Waals surface area (Å²) in [5.41, 5.74) is 2.70. The molecule has 0 aromatic heterocycles. The Morgan fingerprint density at radius 3 is 2.38 bits per heavy atom. The molecule has 1 fully saturated rings. The number of nitrogens with zero attached hydrogens (tertiary/aromatic N) is 1. The number of carbonyl (C=O) groups excluding carboxylic acids is 1. The van der Waals surface area contributed by atoms with E-state index in [9.17, 15) is 14.7 Å². The zero-order valence-corrected chi connectivity index (χ0v) is 19.6. The Hall–Kier alpha value is -3.59. The molecule has 9 nitrogen and oxygen atoms in total. The SMILES string of the molecule is CON=C(C(=O)N[C@@H](Cc1ccc(-c2cc(OC)ccc2OC)cc1)C(=O)O)C1CCOCC1. The molecule has 1 aliphatic heterocycles. The lowest BCUT2D eigenvalue weighted by Gasteiger charge is -2.23. The fourth-order valence-electron chi connectivity index (χ4n) is 3.90. The van der Waals surface area contributed by atoms with Gasteiger partial charge in [0.1, 0.15) is 30.4 Å². The van der Waals surface area contributed by atoms with Crippen LogP contribution >= 0.6 is 0 Å². The third kappa shape index (κ3) is 6.26. The molecular formula is C25H30N2O7. The van der Waals surface area contributed by atoms with Crippen molar-refractivity contribution in [1.82, 2.24) is 5.32 Å². The number of nitrogens with one attached hydrogen (secondary N) is 1. The van der Waals surface area contributed by atoms with Gasteiger partial charge in [-0.3, -0.25) is 4.79 Å². The fourth-order valence-corrected chi connectivity index (χ4v) is 3.90. The van der Waals surface area contributed by atoms with E-state index < -0.39 is 17.9 Å². The molecule has 34 heavy (non-hydrogen) atoms. The molecule has 2 aromatic rings. The summed E-state index contributed by atoms with van der Waals surface area (Å²) in [6.07, 6.45) is 1.37. The highest BCUT2D eigenvalue weighted by Crippen LogP contribution is 2.33. The van der Waals surface area contributed by atoms with Gasteiger partial charge in [-0.15, -0.1) is 0 Å². The fraction of sp³-hybridized carbons (Fsp3) is 0.400. The molecule has 0 spiro atoms. The highest BCUT2D eigenvalue weighted by molar-refractivity contribution is 6.39. The number of carbonyl (C=O) groups is 2. The van der Waals surface area contributed by atoms with E-state index in [4.69, 9.17) is 19.0 Å². The third-order valence-electron chi connectivity index (χ3n) is 5.75. The van der Waals surface area contributed by atoms with Crippen LogP contribution in [0.25, 0.3) is 11.1 Å². The van der Waals surface area contributed by atoms with E-state index in [0.29, 0.717) is 37.6 Å². The second-order valence-corrected chi connectivity index (χ2v) is 7.88. The van der Waals surface area contributed by atoms with Gasteiger partial charge in [-0.1, -0.05) is 29.4 Å². The molecule has 2 N–H and O–H groups in total. The van der Waals surface area contributed by atoms with Crippen molar-refractivity contribution < 1.29 is 33.7 Å². The molecule has 0 radical (unpaired) electrons. The maximum atomic E-state index is 12.9. The molecule has 1 heterocycles. The first-order chi connectivity index (χ1) is 16.5. The molecule has 0 bridgehead atoms. The first-order valence-corrected chi connectivity index (χ1v) is 11.0. The normalized spacial score (nSPS) is 15.3. The van der Waals surface area contributed by atoms with Crippen LogP contribution in [0, 0.1) is 5.92 Å². The minimum absolute atomic E-state index is 0.116. The summed E-state index contributed by atoms with van der Waals surface area (Å²) in [4.78, 5) is 29.6. The van der Waals surface area contributed by atoms with Crippen molar-refractivity contribution in [2.45, 2.75) is 25.3 Å². The van der Waals surface area contributed by atoms with Crippen molar-refractivity contribution in [3.63, 3.8) is 0 Å². The second-order valence-electron chi connectivity index (χ2n) is 7.88. The monoisotopic (exact) mass is 470 g/mol. The average molecular weight is 471 g/mol. The minimum Gasteiger partial charge on any atom is -0.497 e. The van der Waals surface area contributed by atoms with Crippen LogP contribution in [-0.4, -0.2) is 63.3 Å². The molecule has 2 aromatic carbocycles. The van der Waals surface area contributed by atoms with Crippen LogP contribution in [-0.2, 0) is 25.6 Å². The number of hydrogen-bond donors (Lipinski definition) is 2. The Bertz CT molecular complexity index is 1010. The summed E-state index contributed by atoms with van der Waals surface area (Å²) in [5.74, 6) is -0.413. The molecule has 0 aliphatic carbocycles. The Morgan fingerprint density at radius 2 is 1.79 bits per heavy atom. The van der Waals surface area contributed by atoms with Crippen molar-refractivity contribution in [2.24, 2.45) is 11.1 Å². The molecule has 1 amide bonds. The second kappa shape index (κ2) is 12.0. The van der Waals surface area contributed by atoms with Gasteiger partial charge in [0.2, 0.25) is 0 Å². The van der Waals surface area contributed by atoms with Gasteiger partial charge in [-0.05, 0) is 42.2 Å². The Kier molecular flexibility index (Phi) is 8.86. The van der Waals surface area contributed by atoms with E-state index in [-0.39, 0.29) is 18.1 Å². The van der Waals surface area contributed by atoms with Crippen LogP contribution in [0.2, 0.25) is 0 Å². The predicted molar refractivity (Wildman–Crippen MR) is 126 cm³/mol. The third-order valence-corrected chi connectivity index (χ3v) is 5.75. The molecular weight excluding hydrogens is 440 g/mol. The van der Waals surface area contributed by atoms with Crippen molar-refractivity contribution in [1.29, 1.82) is 0 Å². The maximum absolute atomic E-state index is 12.9. The summed E-state index contributed by atoms with van der Waals surface area (Å²) < 4.78 is 16.1. The van der Waals surface area contributed by atoms with Crippen LogP contribution < -0.4 is 14.8 Å². The average Bonchev–Trinajstić information content (AvgIpc) is 2.87. The van der Waals surface area contributed by atoms with Crippen LogP contribution in [0.4, 0.5) is 0 Å². The quantitative estimate of drug-likeness (QED) is 0.405. The highest BCUT2D eigenvalue weighted by atomic mass is 16.6. The molecule has 182 valence electrons. The van der Waals surface area contributed by atoms with E-state index in [2.05, 4.69) is 10.5 Å². The Morgan fingerprint density at radius 1 is 1.09 bits per heavy atom. The standard InChI is InChI=1S/C25H30N2O7/c1-31-19-8-9-22(32-2)20(15-19)17-6-4-16(5-7-17)14-21(25(29)30)26-24(28)23(27-33-3)18-10-12-34-13-11-18/h4-9,15,18,21H,10-14H2,1-3H3,(H,26,28)(H,29,30)/t21-/m0/s1. The van der Waals surface area contributed by atoms with Gasteiger partial charge in [0.25, 0.3) is 5.91 Å². The molecule has 0 saturated carbocycles. The number of aliphatic carboxylic acids is 1. The Balaban J connectivity index is 1.74. The summed E-state index contributed by atoms with van der Waals surface area (Å²) in [7, 11) is 4.56. The number of ether oxygens (including phenoxy) is 3. The van der Waals surface area contributed by atoms with Crippen LogP contribution in [0.1, 0.15) is 18.4 Å². The number of carboxylic acid groups (broad SMARTS) is 1.